The molecule has 0 bridgehead atoms. The molecule has 0 aliphatic rings. The van der Waals surface area contributed by atoms with Crippen molar-refractivity contribution < 1.29 is 4.43 Å². The zero-order chi connectivity index (χ0) is 17.6. The van der Waals surface area contributed by atoms with Crippen LogP contribution < -0.4 is 0 Å². The van der Waals surface area contributed by atoms with Crippen molar-refractivity contribution in [1.82, 2.24) is 0 Å². The Bertz CT molecular complexity index is 338. The van der Waals surface area contributed by atoms with Crippen LogP contribution in [0.2, 0.25) is 18.1 Å². The Morgan fingerprint density at radius 1 is 1.09 bits per heavy atom. The van der Waals surface area contributed by atoms with Crippen molar-refractivity contribution in [2.75, 3.05) is 6.61 Å². The molecular formula is C20H42OSi. The first-order chi connectivity index (χ1) is 9.89. The maximum Gasteiger partial charge on any atom is 0.191 e. The van der Waals surface area contributed by atoms with E-state index < -0.39 is 8.32 Å². The molecule has 0 rings (SSSR count). The van der Waals surface area contributed by atoms with Crippen LogP contribution >= 0.6 is 0 Å². The molecule has 0 heterocycles. The van der Waals surface area contributed by atoms with E-state index in [-0.39, 0.29) is 0 Å². The molecule has 0 aliphatic heterocycles. The first-order valence-corrected chi connectivity index (χ1v) is 12.1. The second kappa shape index (κ2) is 9.27. The normalized spacial score (nSPS) is 18.2. The molecule has 0 spiro atoms. The molecule has 0 unspecified atom stereocenters. The summed E-state index contributed by atoms with van der Waals surface area (Å²) in [5, 5.41) is 0.313. The molecule has 1 nitrogen and oxygen atoms in total. The van der Waals surface area contributed by atoms with Gasteiger partial charge in [0.05, 0.1) is 0 Å². The van der Waals surface area contributed by atoms with Gasteiger partial charge in [-0.2, -0.15) is 0 Å². The van der Waals surface area contributed by atoms with Crippen molar-refractivity contribution >= 4 is 8.32 Å². The predicted molar refractivity (Wildman–Crippen MR) is 104 cm³/mol. The van der Waals surface area contributed by atoms with Crippen LogP contribution in [0.15, 0.2) is 11.6 Å². The fraction of sp³-hybridized carbons (Fsp3) is 0.900. The lowest BCUT2D eigenvalue weighted by Gasteiger charge is -2.37. The molecule has 0 aromatic heterocycles. The third kappa shape index (κ3) is 8.52. The summed E-state index contributed by atoms with van der Waals surface area (Å²) in [4.78, 5) is 0. The Kier molecular flexibility index (Phi) is 9.24. The molecule has 2 heteroatoms. The molecular weight excluding hydrogens is 284 g/mol. The highest BCUT2D eigenvalue weighted by atomic mass is 28.4. The van der Waals surface area contributed by atoms with Gasteiger partial charge in [-0.3, -0.25) is 0 Å². The molecule has 132 valence electrons. The molecule has 0 radical (unpaired) electrons. The minimum absolute atomic E-state index is 0.313. The molecule has 0 aromatic rings. The van der Waals surface area contributed by atoms with Gasteiger partial charge in [-0.05, 0) is 55.7 Å². The minimum Gasteiger partial charge on any atom is -0.417 e. The molecule has 22 heavy (non-hydrogen) atoms. The van der Waals surface area contributed by atoms with Crippen LogP contribution in [-0.2, 0) is 4.43 Å². The van der Waals surface area contributed by atoms with Crippen LogP contribution in [0, 0.1) is 17.8 Å². The van der Waals surface area contributed by atoms with Gasteiger partial charge in [0, 0.05) is 6.61 Å². The summed E-state index contributed by atoms with van der Waals surface area (Å²) >= 11 is 0. The van der Waals surface area contributed by atoms with Crippen LogP contribution in [0.3, 0.4) is 0 Å². The number of rotatable bonds is 9. The average molecular weight is 327 g/mol. The predicted octanol–water partition coefficient (Wildman–Crippen LogP) is 7.05. The lowest BCUT2D eigenvalue weighted by Crippen LogP contribution is -2.41. The van der Waals surface area contributed by atoms with Crippen molar-refractivity contribution in [3.05, 3.63) is 11.6 Å². The summed E-state index contributed by atoms with van der Waals surface area (Å²) < 4.78 is 6.37. The van der Waals surface area contributed by atoms with Gasteiger partial charge in [-0.15, -0.1) is 0 Å². The van der Waals surface area contributed by atoms with Crippen LogP contribution in [-0.4, -0.2) is 14.9 Å². The zero-order valence-corrected chi connectivity index (χ0v) is 18.0. The monoisotopic (exact) mass is 326 g/mol. The first-order valence-electron chi connectivity index (χ1n) is 9.20. The van der Waals surface area contributed by atoms with Crippen LogP contribution in [0.5, 0.6) is 0 Å². The van der Waals surface area contributed by atoms with Gasteiger partial charge in [0.25, 0.3) is 0 Å². The van der Waals surface area contributed by atoms with E-state index in [1.807, 2.05) is 0 Å². The topological polar surface area (TPSA) is 9.23 Å². The molecule has 0 aromatic carbocycles. The quantitative estimate of drug-likeness (QED) is 0.326. The highest BCUT2D eigenvalue weighted by Crippen LogP contribution is 2.37. The van der Waals surface area contributed by atoms with Gasteiger partial charge >= 0.3 is 0 Å². The minimum atomic E-state index is -1.59. The molecule has 0 amide bonds. The molecule has 0 fully saturated rings. The van der Waals surface area contributed by atoms with E-state index in [2.05, 4.69) is 74.6 Å². The summed E-state index contributed by atoms with van der Waals surface area (Å²) in [5.41, 5.74) is 1.55. The second-order valence-corrected chi connectivity index (χ2v) is 13.9. The van der Waals surface area contributed by atoms with Gasteiger partial charge in [-0.25, -0.2) is 0 Å². The Morgan fingerprint density at radius 2 is 1.64 bits per heavy atom. The van der Waals surface area contributed by atoms with Crippen molar-refractivity contribution in [3.63, 3.8) is 0 Å². The van der Waals surface area contributed by atoms with Gasteiger partial charge in [0.2, 0.25) is 0 Å². The van der Waals surface area contributed by atoms with E-state index in [0.29, 0.717) is 16.9 Å². The third-order valence-electron chi connectivity index (χ3n) is 5.22. The molecule has 3 atom stereocenters. The third-order valence-corrected chi connectivity index (χ3v) is 9.72. The largest absolute Gasteiger partial charge is 0.417 e. The van der Waals surface area contributed by atoms with Gasteiger partial charge < -0.3 is 4.43 Å². The zero-order valence-electron chi connectivity index (χ0n) is 17.0. The van der Waals surface area contributed by atoms with Crippen molar-refractivity contribution in [1.29, 1.82) is 0 Å². The summed E-state index contributed by atoms with van der Waals surface area (Å²) in [6.45, 7) is 24.2. The fourth-order valence-corrected chi connectivity index (χ4v) is 3.76. The number of allylic oxidation sites excluding steroid dienone is 2. The highest BCUT2D eigenvalue weighted by molar-refractivity contribution is 6.74. The Morgan fingerprint density at radius 3 is 2.09 bits per heavy atom. The summed E-state index contributed by atoms with van der Waals surface area (Å²) in [7, 11) is -1.59. The van der Waals surface area contributed by atoms with Gasteiger partial charge in [0.1, 0.15) is 0 Å². The number of hydrogen-bond acceptors (Lipinski definition) is 1. The van der Waals surface area contributed by atoms with E-state index in [0.717, 1.165) is 12.5 Å². The van der Waals surface area contributed by atoms with Crippen molar-refractivity contribution in [3.8, 4) is 0 Å². The first kappa shape index (κ1) is 21.9. The summed E-state index contributed by atoms with van der Waals surface area (Å²) in [6, 6.07) is 0. The molecule has 0 saturated heterocycles. The molecule has 0 N–H and O–H groups in total. The fourth-order valence-electron chi connectivity index (χ4n) is 2.63. The smallest absolute Gasteiger partial charge is 0.191 e. The van der Waals surface area contributed by atoms with Gasteiger partial charge in [0.15, 0.2) is 8.32 Å². The van der Waals surface area contributed by atoms with Crippen LogP contribution in [0.1, 0.15) is 74.7 Å². The van der Waals surface area contributed by atoms with Crippen molar-refractivity contribution in [2.24, 2.45) is 17.8 Å². The Balaban J connectivity index is 4.27. The van der Waals surface area contributed by atoms with Crippen molar-refractivity contribution in [2.45, 2.75) is 92.8 Å². The molecule has 0 saturated carbocycles. The maximum atomic E-state index is 6.37. The van der Waals surface area contributed by atoms with Crippen LogP contribution in [0.4, 0.5) is 0 Å². The lowest BCUT2D eigenvalue weighted by atomic mass is 9.91. The maximum absolute atomic E-state index is 6.37. The van der Waals surface area contributed by atoms with E-state index >= 15 is 0 Å². The average Bonchev–Trinajstić information content (AvgIpc) is 2.34. The summed E-state index contributed by atoms with van der Waals surface area (Å²) in [6.07, 6.45) is 6.19. The Hall–Kier alpha value is -0.0831. The highest BCUT2D eigenvalue weighted by Gasteiger charge is 2.37. The Labute approximate surface area is 142 Å². The standard InChI is InChI=1S/C20H42OSi/c1-11-16(2)12-17(3)13-18(4)14-19(5)15-21-22(9,10)20(6,7)8/h12,16,18-19H,11,13-15H2,1-10H3/b17-12+/t16-,18-,19-/m1/s1. The second-order valence-electron chi connectivity index (χ2n) is 9.12. The van der Waals surface area contributed by atoms with E-state index in [1.165, 1.54) is 19.3 Å². The molecule has 0 aliphatic carbocycles. The van der Waals surface area contributed by atoms with E-state index in [9.17, 15) is 0 Å². The van der Waals surface area contributed by atoms with E-state index in [1.54, 1.807) is 5.57 Å². The number of hydrogen-bond donors (Lipinski definition) is 0. The lowest BCUT2D eigenvalue weighted by molar-refractivity contribution is 0.216. The van der Waals surface area contributed by atoms with Gasteiger partial charge in [-0.1, -0.05) is 66.5 Å². The van der Waals surface area contributed by atoms with Crippen LogP contribution in [0.25, 0.3) is 0 Å². The summed E-state index contributed by atoms with van der Waals surface area (Å²) in [5.74, 6) is 2.12. The SMILES string of the molecule is CC[C@@H](C)/C=C(\C)C[C@@H](C)C[C@@H](C)CO[Si](C)(C)C(C)(C)C. The van der Waals surface area contributed by atoms with E-state index in [4.69, 9.17) is 4.43 Å².